The molecular formula is C22H45NO2. The molecule has 0 bridgehead atoms. The van der Waals surface area contributed by atoms with Crippen molar-refractivity contribution in [1.29, 1.82) is 0 Å². The second kappa shape index (κ2) is 13.6. The number of hydrogen-bond acceptors (Lipinski definition) is 2. The van der Waals surface area contributed by atoms with E-state index in [1.165, 1.54) is 51.4 Å². The number of rotatable bonds is 16. The Morgan fingerprint density at radius 1 is 0.840 bits per heavy atom. The number of amides is 1. The van der Waals surface area contributed by atoms with Gasteiger partial charge in [-0.05, 0) is 36.5 Å². The Balaban J connectivity index is 3.62. The number of carbonyl (C=O) groups excluding carboxylic acids is 1. The van der Waals surface area contributed by atoms with E-state index >= 15 is 0 Å². The van der Waals surface area contributed by atoms with Crippen molar-refractivity contribution in [3.63, 3.8) is 0 Å². The lowest BCUT2D eigenvalue weighted by Gasteiger charge is -2.24. The number of carbonyl (C=O) groups is 1. The average Bonchev–Trinajstić information content (AvgIpc) is 2.55. The van der Waals surface area contributed by atoms with Crippen molar-refractivity contribution in [1.82, 2.24) is 5.32 Å². The molecule has 1 N–H and O–H groups in total. The predicted molar refractivity (Wildman–Crippen MR) is 109 cm³/mol. The van der Waals surface area contributed by atoms with Crippen LogP contribution in [0.1, 0.15) is 106 Å². The Hall–Kier alpha value is -0.570. The first-order valence-electron chi connectivity index (χ1n) is 10.6. The Morgan fingerprint density at radius 2 is 1.40 bits per heavy atom. The molecule has 25 heavy (non-hydrogen) atoms. The Morgan fingerprint density at radius 3 is 2.00 bits per heavy atom. The van der Waals surface area contributed by atoms with Crippen molar-refractivity contribution in [2.75, 3.05) is 19.8 Å². The molecule has 0 saturated carbocycles. The van der Waals surface area contributed by atoms with E-state index in [2.05, 4.69) is 46.9 Å². The fraction of sp³-hybridized carbons (Fsp3) is 0.955. The Bertz CT molecular complexity index is 337. The number of hydrogen-bond donors (Lipinski definition) is 1. The van der Waals surface area contributed by atoms with Crippen molar-refractivity contribution >= 4 is 5.91 Å². The Labute approximate surface area is 157 Å². The van der Waals surface area contributed by atoms with Gasteiger partial charge in [-0.2, -0.15) is 0 Å². The van der Waals surface area contributed by atoms with Crippen molar-refractivity contribution in [3.8, 4) is 0 Å². The molecule has 0 aromatic rings. The molecule has 1 amide bonds. The number of ether oxygens (including phenoxy) is 1. The van der Waals surface area contributed by atoms with E-state index in [-0.39, 0.29) is 11.3 Å². The molecule has 0 aromatic heterocycles. The van der Waals surface area contributed by atoms with Crippen LogP contribution in [-0.2, 0) is 9.53 Å². The minimum atomic E-state index is 0.122. The predicted octanol–water partition coefficient (Wildman–Crippen LogP) is 6.11. The van der Waals surface area contributed by atoms with Crippen LogP contribution in [0.3, 0.4) is 0 Å². The van der Waals surface area contributed by atoms with Gasteiger partial charge >= 0.3 is 0 Å². The van der Waals surface area contributed by atoms with E-state index in [0.29, 0.717) is 18.4 Å². The molecule has 0 spiro atoms. The maximum atomic E-state index is 11.8. The molecule has 3 heteroatoms. The van der Waals surface area contributed by atoms with Crippen LogP contribution in [0.4, 0.5) is 0 Å². The molecule has 0 aliphatic carbocycles. The van der Waals surface area contributed by atoms with Crippen molar-refractivity contribution < 1.29 is 9.53 Å². The van der Waals surface area contributed by atoms with Crippen LogP contribution in [0.2, 0.25) is 0 Å². The summed E-state index contributed by atoms with van der Waals surface area (Å²) in [7, 11) is 0. The largest absolute Gasteiger partial charge is 0.380 e. The van der Waals surface area contributed by atoms with Gasteiger partial charge in [-0.15, -0.1) is 0 Å². The summed E-state index contributed by atoms with van der Waals surface area (Å²) in [5.41, 5.74) is 0.662. The second-order valence-electron chi connectivity index (χ2n) is 9.15. The lowest BCUT2D eigenvalue weighted by molar-refractivity contribution is -0.122. The first-order chi connectivity index (χ1) is 11.7. The van der Waals surface area contributed by atoms with Gasteiger partial charge in [0.25, 0.3) is 0 Å². The first kappa shape index (κ1) is 24.4. The van der Waals surface area contributed by atoms with Crippen molar-refractivity contribution in [3.05, 3.63) is 0 Å². The van der Waals surface area contributed by atoms with Gasteiger partial charge in [0.05, 0.1) is 13.2 Å². The van der Waals surface area contributed by atoms with E-state index in [4.69, 9.17) is 4.74 Å². The molecule has 0 aromatic carbocycles. The van der Waals surface area contributed by atoms with Gasteiger partial charge in [0.1, 0.15) is 0 Å². The summed E-state index contributed by atoms with van der Waals surface area (Å²) < 4.78 is 5.71. The third-order valence-corrected chi connectivity index (χ3v) is 4.98. The average molecular weight is 356 g/mol. The zero-order valence-electron chi connectivity index (χ0n) is 18.0. The molecule has 0 aliphatic rings. The van der Waals surface area contributed by atoms with Gasteiger partial charge in [-0.1, -0.05) is 73.6 Å². The number of nitrogens with one attached hydrogen (secondary N) is 1. The van der Waals surface area contributed by atoms with Gasteiger partial charge in [-0.3, -0.25) is 4.79 Å². The smallest absolute Gasteiger partial charge is 0.222 e. The van der Waals surface area contributed by atoms with Crippen molar-refractivity contribution in [2.45, 2.75) is 106 Å². The third kappa shape index (κ3) is 15.4. The molecule has 0 heterocycles. The van der Waals surface area contributed by atoms with Crippen LogP contribution >= 0.6 is 0 Å². The molecule has 0 radical (unpaired) electrons. The van der Waals surface area contributed by atoms with Gasteiger partial charge in [0, 0.05) is 13.0 Å². The second-order valence-corrected chi connectivity index (χ2v) is 9.15. The number of unbranched alkanes of at least 4 members (excludes halogenated alkanes) is 3. The van der Waals surface area contributed by atoms with Gasteiger partial charge in [0.15, 0.2) is 0 Å². The highest BCUT2D eigenvalue weighted by atomic mass is 16.5. The Kier molecular flexibility index (Phi) is 13.3. The van der Waals surface area contributed by atoms with Crippen LogP contribution in [0.15, 0.2) is 0 Å². The van der Waals surface area contributed by atoms with Crippen LogP contribution < -0.4 is 5.32 Å². The molecule has 0 atom stereocenters. The highest BCUT2D eigenvalue weighted by Gasteiger charge is 2.18. The van der Waals surface area contributed by atoms with Gasteiger partial charge in [0.2, 0.25) is 5.91 Å². The first-order valence-corrected chi connectivity index (χ1v) is 10.6. The van der Waals surface area contributed by atoms with E-state index in [9.17, 15) is 4.79 Å². The maximum absolute atomic E-state index is 11.8. The summed E-state index contributed by atoms with van der Waals surface area (Å²) in [6, 6.07) is 0. The lowest BCUT2D eigenvalue weighted by atomic mass is 9.82. The lowest BCUT2D eigenvalue weighted by Crippen LogP contribution is -2.27. The normalized spacial score (nSPS) is 12.4. The molecule has 3 nitrogen and oxygen atoms in total. The summed E-state index contributed by atoms with van der Waals surface area (Å²) in [6.07, 6.45) is 11.5. The molecule has 0 unspecified atom stereocenters. The molecule has 0 fully saturated rings. The van der Waals surface area contributed by atoms with Gasteiger partial charge < -0.3 is 10.1 Å². The topological polar surface area (TPSA) is 38.3 Å². The summed E-state index contributed by atoms with van der Waals surface area (Å²) >= 11 is 0. The monoisotopic (exact) mass is 355 g/mol. The van der Waals surface area contributed by atoms with E-state index < -0.39 is 0 Å². The third-order valence-electron chi connectivity index (χ3n) is 4.98. The minimum absolute atomic E-state index is 0.122. The van der Waals surface area contributed by atoms with E-state index in [1.807, 2.05) is 0 Å². The van der Waals surface area contributed by atoms with Crippen LogP contribution in [0.5, 0.6) is 0 Å². The van der Waals surface area contributed by atoms with Crippen molar-refractivity contribution in [2.24, 2.45) is 10.8 Å². The van der Waals surface area contributed by atoms with Crippen LogP contribution in [0, 0.1) is 10.8 Å². The molecule has 0 saturated heterocycles. The van der Waals surface area contributed by atoms with Gasteiger partial charge in [-0.25, -0.2) is 0 Å². The van der Waals surface area contributed by atoms with Crippen LogP contribution in [-0.4, -0.2) is 25.7 Å². The zero-order chi connectivity index (χ0) is 19.2. The summed E-state index contributed by atoms with van der Waals surface area (Å²) in [4.78, 5) is 11.8. The van der Waals surface area contributed by atoms with E-state index in [1.54, 1.807) is 0 Å². The summed E-state index contributed by atoms with van der Waals surface area (Å²) in [6.45, 7) is 15.7. The standard InChI is InChI=1S/C22H45NO2/c1-7-9-14-21(3,4)16-11-12-17-23-20(24)13-18-25-19-22(5,6)15-10-8-2/h7-19H2,1-6H3,(H,23,24). The SMILES string of the molecule is CCCCC(C)(C)CCCCNC(=O)CCOCC(C)(C)CCCC. The fourth-order valence-electron chi connectivity index (χ4n) is 3.07. The summed E-state index contributed by atoms with van der Waals surface area (Å²) in [5, 5.41) is 3.03. The molecule has 0 rings (SSSR count). The molecule has 150 valence electrons. The quantitative estimate of drug-likeness (QED) is 0.339. The van der Waals surface area contributed by atoms with E-state index in [0.717, 1.165) is 19.6 Å². The highest BCUT2D eigenvalue weighted by molar-refractivity contribution is 5.75. The highest BCUT2D eigenvalue weighted by Crippen LogP contribution is 2.29. The fourth-order valence-corrected chi connectivity index (χ4v) is 3.07. The maximum Gasteiger partial charge on any atom is 0.222 e. The minimum Gasteiger partial charge on any atom is -0.380 e. The van der Waals surface area contributed by atoms with Crippen LogP contribution in [0.25, 0.3) is 0 Å². The zero-order valence-corrected chi connectivity index (χ0v) is 18.0. The molecule has 0 aliphatic heterocycles. The molecular weight excluding hydrogens is 310 g/mol. The summed E-state index contributed by atoms with van der Waals surface area (Å²) in [5.74, 6) is 0.122.